The van der Waals surface area contributed by atoms with Crippen molar-refractivity contribution in [1.29, 1.82) is 0 Å². The number of unbranched alkanes of at least 4 members (excludes halogenated alkanes) is 4. The Morgan fingerprint density at radius 3 is 2.06 bits per heavy atom. The van der Waals surface area contributed by atoms with Crippen molar-refractivity contribution in [3.8, 4) is 0 Å². The van der Waals surface area contributed by atoms with Gasteiger partial charge in [-0.05, 0) is 43.4 Å². The van der Waals surface area contributed by atoms with Crippen molar-refractivity contribution < 1.29 is 21.6 Å². The monoisotopic (exact) mass is 490 g/mol. The third kappa shape index (κ3) is 6.18. The summed E-state index contributed by atoms with van der Waals surface area (Å²) in [6.45, 7) is 10.4. The van der Waals surface area contributed by atoms with Crippen molar-refractivity contribution >= 4 is 32.0 Å². The number of carbonyl (C=O) groups is 2. The van der Waals surface area contributed by atoms with Crippen molar-refractivity contribution in [3.05, 3.63) is 0 Å². The number of carbonyl (C=O) groups excluding carboxylic acids is 2. The molecule has 2 aliphatic rings. The molecule has 0 aliphatic heterocycles. The van der Waals surface area contributed by atoms with E-state index < -0.39 is 25.8 Å². The van der Waals surface area contributed by atoms with Crippen LogP contribution in [0.4, 0.5) is 0 Å². The lowest BCUT2D eigenvalue weighted by atomic mass is 9.70. The second-order valence-corrected chi connectivity index (χ2v) is 15.6. The molecule has 2 atom stereocenters. The second-order valence-electron chi connectivity index (χ2n) is 10.7. The third-order valence-corrected chi connectivity index (χ3v) is 13.8. The number of hydrogen-bond donors (Lipinski definition) is 0. The Bertz CT molecular complexity index is 750. The van der Waals surface area contributed by atoms with E-state index in [0.717, 1.165) is 51.4 Å². The van der Waals surface area contributed by atoms with E-state index in [0.29, 0.717) is 30.8 Å². The van der Waals surface area contributed by atoms with Crippen LogP contribution in [-0.2, 0) is 23.3 Å². The highest BCUT2D eigenvalue weighted by Gasteiger charge is 2.65. The zero-order valence-electron chi connectivity index (χ0n) is 21.0. The SMILES string of the molecule is CCCCCC(=O)CS(CCCC)(CCCC)OS(=O)(=O)CC12CCC(CC1=O)C2(C)C. The van der Waals surface area contributed by atoms with E-state index in [-0.39, 0.29) is 34.4 Å². The summed E-state index contributed by atoms with van der Waals surface area (Å²) in [5, 5.41) is 0. The molecule has 0 aromatic carbocycles. The molecule has 5 nitrogen and oxygen atoms in total. The minimum Gasteiger partial charge on any atom is -0.299 e. The van der Waals surface area contributed by atoms with Gasteiger partial charge in [-0.1, -0.05) is 60.3 Å². The zero-order chi connectivity index (χ0) is 24.0. The van der Waals surface area contributed by atoms with Crippen LogP contribution in [0.15, 0.2) is 0 Å². The Morgan fingerprint density at radius 1 is 1.00 bits per heavy atom. The lowest BCUT2D eigenvalue weighted by molar-refractivity contribution is -0.128. The van der Waals surface area contributed by atoms with E-state index in [1.54, 1.807) is 0 Å². The molecule has 2 fully saturated rings. The summed E-state index contributed by atoms with van der Waals surface area (Å²) in [4.78, 5) is 25.8. The largest absolute Gasteiger partial charge is 0.299 e. The van der Waals surface area contributed by atoms with Gasteiger partial charge in [-0.25, -0.2) is 3.63 Å². The van der Waals surface area contributed by atoms with Crippen molar-refractivity contribution in [1.82, 2.24) is 0 Å². The minimum absolute atomic E-state index is 0.0873. The van der Waals surface area contributed by atoms with Crippen LogP contribution >= 0.6 is 10.3 Å². The van der Waals surface area contributed by atoms with Gasteiger partial charge in [0.05, 0.1) is 16.9 Å². The summed E-state index contributed by atoms with van der Waals surface area (Å²) in [5.74, 6) is 1.80. The van der Waals surface area contributed by atoms with Crippen LogP contribution in [-0.4, -0.2) is 43.0 Å². The average molecular weight is 491 g/mol. The molecule has 0 aromatic heterocycles. The van der Waals surface area contributed by atoms with Crippen LogP contribution in [0.2, 0.25) is 0 Å². The summed E-state index contributed by atoms with van der Waals surface area (Å²) >= 11 is 0. The van der Waals surface area contributed by atoms with Gasteiger partial charge in [-0.3, -0.25) is 9.59 Å². The minimum atomic E-state index is -3.94. The molecule has 2 bridgehead atoms. The standard InChI is InChI=1S/C25H46O5S2/c1-6-9-12-13-22(26)19-31(16-10-7-2,17-11-8-3)30-32(28,29)20-25-15-14-21(18-23(25)27)24(25,4)5/h21H,6-20H2,1-5H3. The zero-order valence-corrected chi connectivity index (χ0v) is 22.7. The smallest absolute Gasteiger partial charge is 0.277 e. The van der Waals surface area contributed by atoms with E-state index >= 15 is 0 Å². The van der Waals surface area contributed by atoms with E-state index in [1.807, 2.05) is 0 Å². The maximum absolute atomic E-state index is 13.5. The molecule has 2 saturated carbocycles. The molecular weight excluding hydrogens is 444 g/mol. The molecular formula is C25H46O5S2. The highest BCUT2D eigenvalue weighted by atomic mass is 32.3. The predicted octanol–water partition coefficient (Wildman–Crippen LogP) is 6.20. The summed E-state index contributed by atoms with van der Waals surface area (Å²) in [5.41, 5.74) is -1.15. The first-order valence-corrected chi connectivity index (χ1v) is 16.4. The number of Topliss-reactive ketones (excluding diaryl/α,β-unsaturated/α-hetero) is 2. The molecule has 0 N–H and O–H groups in total. The van der Waals surface area contributed by atoms with Crippen LogP contribution < -0.4 is 0 Å². The molecule has 2 aliphatic carbocycles. The van der Waals surface area contributed by atoms with Gasteiger partial charge in [0.25, 0.3) is 10.1 Å². The number of rotatable bonds is 16. The van der Waals surface area contributed by atoms with E-state index in [1.165, 1.54) is 0 Å². The van der Waals surface area contributed by atoms with Gasteiger partial charge in [0, 0.05) is 24.3 Å². The normalized spacial score (nSPS) is 25.4. The molecule has 188 valence electrons. The van der Waals surface area contributed by atoms with Crippen molar-refractivity contribution in [2.75, 3.05) is 23.0 Å². The molecule has 2 rings (SSSR count). The first kappa shape index (κ1) is 27.8. The Hall–Kier alpha value is -0.400. The Labute approximate surface area is 198 Å². The van der Waals surface area contributed by atoms with Crippen molar-refractivity contribution in [2.24, 2.45) is 16.7 Å². The highest BCUT2D eigenvalue weighted by molar-refractivity contribution is 8.33. The second kappa shape index (κ2) is 11.4. The van der Waals surface area contributed by atoms with Gasteiger partial charge in [0.2, 0.25) is 0 Å². The van der Waals surface area contributed by atoms with Crippen molar-refractivity contribution in [2.45, 2.75) is 105 Å². The molecule has 2 unspecified atom stereocenters. The van der Waals surface area contributed by atoms with Crippen molar-refractivity contribution in [3.63, 3.8) is 0 Å². The van der Waals surface area contributed by atoms with E-state index in [9.17, 15) is 18.0 Å². The van der Waals surface area contributed by atoms with Gasteiger partial charge in [-0.15, -0.1) is 10.3 Å². The number of hydrogen-bond acceptors (Lipinski definition) is 5. The third-order valence-electron chi connectivity index (χ3n) is 8.03. The van der Waals surface area contributed by atoms with Gasteiger partial charge in [-0.2, -0.15) is 8.42 Å². The first-order chi connectivity index (χ1) is 15.0. The summed E-state index contributed by atoms with van der Waals surface area (Å²) in [6, 6.07) is 0. The highest BCUT2D eigenvalue weighted by Crippen LogP contribution is 2.65. The van der Waals surface area contributed by atoms with E-state index in [4.69, 9.17) is 3.63 Å². The molecule has 0 radical (unpaired) electrons. The molecule has 32 heavy (non-hydrogen) atoms. The van der Waals surface area contributed by atoms with Crippen LogP contribution in [0.3, 0.4) is 0 Å². The molecule has 0 saturated heterocycles. The maximum atomic E-state index is 13.5. The summed E-state index contributed by atoms with van der Waals surface area (Å²) < 4.78 is 33.2. The topological polar surface area (TPSA) is 77.5 Å². The maximum Gasteiger partial charge on any atom is 0.277 e. The number of ketones is 2. The molecule has 0 spiro atoms. The van der Waals surface area contributed by atoms with Gasteiger partial charge in [0.1, 0.15) is 11.6 Å². The van der Waals surface area contributed by atoms with Gasteiger partial charge >= 0.3 is 0 Å². The van der Waals surface area contributed by atoms with Crippen LogP contribution in [0.5, 0.6) is 0 Å². The Morgan fingerprint density at radius 2 is 1.59 bits per heavy atom. The average Bonchev–Trinajstić information content (AvgIpc) is 3.04. The fourth-order valence-electron chi connectivity index (χ4n) is 5.74. The van der Waals surface area contributed by atoms with Gasteiger partial charge < -0.3 is 0 Å². The fraction of sp³-hybridized carbons (Fsp3) is 0.920. The quantitative estimate of drug-likeness (QED) is 0.241. The molecule has 0 amide bonds. The van der Waals surface area contributed by atoms with E-state index in [2.05, 4.69) is 34.6 Å². The Kier molecular flexibility index (Phi) is 9.88. The summed E-state index contributed by atoms with van der Waals surface area (Å²) in [6.07, 6.45) is 9.03. The van der Waals surface area contributed by atoms with Crippen LogP contribution in [0, 0.1) is 16.7 Å². The fourth-order valence-corrected chi connectivity index (χ4v) is 12.6. The predicted molar refractivity (Wildman–Crippen MR) is 135 cm³/mol. The molecule has 0 aromatic rings. The number of fused-ring (bicyclic) bond motifs is 2. The van der Waals surface area contributed by atoms with Crippen LogP contribution in [0.1, 0.15) is 105 Å². The molecule has 7 heteroatoms. The Balaban J connectivity index is 2.27. The summed E-state index contributed by atoms with van der Waals surface area (Å²) in [7, 11) is -6.02. The lowest BCUT2D eigenvalue weighted by Gasteiger charge is -2.41. The van der Waals surface area contributed by atoms with Gasteiger partial charge in [0.15, 0.2) is 0 Å². The molecule has 0 heterocycles. The lowest BCUT2D eigenvalue weighted by Crippen LogP contribution is -2.43. The first-order valence-electron chi connectivity index (χ1n) is 12.7. The van der Waals surface area contributed by atoms with Crippen LogP contribution in [0.25, 0.3) is 0 Å².